The van der Waals surface area contributed by atoms with Crippen LogP contribution < -0.4 is 5.48 Å². The number of hydroxylamine groups is 1. The molecule has 2 heterocycles. The zero-order chi connectivity index (χ0) is 10.2. The first-order chi connectivity index (χ1) is 6.56. The Morgan fingerprint density at radius 2 is 2.00 bits per heavy atom. The molecule has 0 amide bonds. The van der Waals surface area contributed by atoms with Gasteiger partial charge in [0.15, 0.2) is 0 Å². The first kappa shape index (κ1) is 10.4. The third-order valence-corrected chi connectivity index (χ3v) is 3.12. The number of nitrogens with one attached hydrogen (secondary N) is 1. The summed E-state index contributed by atoms with van der Waals surface area (Å²) in [6, 6.07) is 1.29. The van der Waals surface area contributed by atoms with Crippen LogP contribution in [0, 0.1) is 0 Å². The molecule has 2 saturated heterocycles. The number of hydrogen-bond donors (Lipinski definition) is 1. The van der Waals surface area contributed by atoms with E-state index in [-0.39, 0.29) is 5.60 Å². The van der Waals surface area contributed by atoms with Gasteiger partial charge in [0.25, 0.3) is 0 Å². The van der Waals surface area contributed by atoms with E-state index in [9.17, 15) is 0 Å². The Morgan fingerprint density at radius 1 is 1.21 bits per heavy atom. The zero-order valence-electron chi connectivity index (χ0n) is 9.55. The zero-order valence-corrected chi connectivity index (χ0v) is 9.55. The molecule has 2 rings (SSSR count). The van der Waals surface area contributed by atoms with E-state index in [0.717, 1.165) is 6.04 Å². The summed E-state index contributed by atoms with van der Waals surface area (Å²) in [5.41, 5.74) is 3.17. The molecule has 14 heavy (non-hydrogen) atoms. The van der Waals surface area contributed by atoms with E-state index in [2.05, 4.69) is 31.2 Å². The lowest BCUT2D eigenvalue weighted by Crippen LogP contribution is -2.42. The van der Waals surface area contributed by atoms with Crippen LogP contribution in [0.15, 0.2) is 0 Å². The molecule has 2 unspecified atom stereocenters. The summed E-state index contributed by atoms with van der Waals surface area (Å²) in [5.74, 6) is 0. The van der Waals surface area contributed by atoms with Gasteiger partial charge in [-0.1, -0.05) is 0 Å². The first-order valence-electron chi connectivity index (χ1n) is 5.74. The summed E-state index contributed by atoms with van der Waals surface area (Å²) in [6.07, 6.45) is 3.93. The third kappa shape index (κ3) is 2.27. The lowest BCUT2D eigenvalue weighted by molar-refractivity contribution is -0.0910. The highest BCUT2D eigenvalue weighted by Crippen LogP contribution is 2.28. The minimum atomic E-state index is -0.0774. The quantitative estimate of drug-likeness (QED) is 0.681. The lowest BCUT2D eigenvalue weighted by atomic mass is 10.1. The predicted molar refractivity (Wildman–Crippen MR) is 57.0 cm³/mol. The maximum atomic E-state index is 5.64. The Hall–Kier alpha value is -0.120. The molecule has 0 aliphatic carbocycles. The fraction of sp³-hybridized carbons (Fsp3) is 1.00. The molecule has 0 radical (unpaired) electrons. The van der Waals surface area contributed by atoms with Crippen molar-refractivity contribution in [1.29, 1.82) is 0 Å². The summed E-state index contributed by atoms with van der Waals surface area (Å²) < 4.78 is 0. The van der Waals surface area contributed by atoms with Crippen molar-refractivity contribution in [2.75, 3.05) is 13.1 Å². The first-order valence-corrected chi connectivity index (χ1v) is 5.74. The normalized spacial score (nSPS) is 33.6. The number of rotatable bonds is 2. The fourth-order valence-corrected chi connectivity index (χ4v) is 2.47. The van der Waals surface area contributed by atoms with E-state index in [1.165, 1.54) is 32.4 Å². The summed E-state index contributed by atoms with van der Waals surface area (Å²) in [4.78, 5) is 8.23. The van der Waals surface area contributed by atoms with Crippen molar-refractivity contribution < 1.29 is 4.84 Å². The second kappa shape index (κ2) is 3.80. The average Bonchev–Trinajstić information content (AvgIpc) is 2.59. The van der Waals surface area contributed by atoms with E-state index >= 15 is 0 Å². The smallest absolute Gasteiger partial charge is 0.0813 e. The molecule has 0 bridgehead atoms. The van der Waals surface area contributed by atoms with Crippen molar-refractivity contribution in [2.45, 2.75) is 57.7 Å². The Bertz CT molecular complexity index is 200. The van der Waals surface area contributed by atoms with Crippen LogP contribution in [-0.2, 0) is 4.84 Å². The van der Waals surface area contributed by atoms with Crippen LogP contribution in [-0.4, -0.2) is 35.7 Å². The maximum Gasteiger partial charge on any atom is 0.0813 e. The van der Waals surface area contributed by atoms with Crippen LogP contribution in [0.25, 0.3) is 0 Å². The van der Waals surface area contributed by atoms with E-state index < -0.39 is 0 Å². The fourth-order valence-electron chi connectivity index (χ4n) is 2.47. The second-order valence-electron chi connectivity index (χ2n) is 5.47. The largest absolute Gasteiger partial charge is 0.299 e. The predicted octanol–water partition coefficient (Wildman–Crippen LogP) is 1.54. The van der Waals surface area contributed by atoms with E-state index in [4.69, 9.17) is 4.84 Å². The van der Waals surface area contributed by atoms with Crippen molar-refractivity contribution in [2.24, 2.45) is 0 Å². The summed E-state index contributed by atoms with van der Waals surface area (Å²) in [7, 11) is 0. The van der Waals surface area contributed by atoms with Gasteiger partial charge in [-0.15, -0.1) is 0 Å². The highest BCUT2D eigenvalue weighted by molar-refractivity contribution is 4.94. The highest BCUT2D eigenvalue weighted by atomic mass is 16.7. The van der Waals surface area contributed by atoms with Gasteiger partial charge in [0.1, 0.15) is 0 Å². The number of fused-ring (bicyclic) bond motifs is 1. The van der Waals surface area contributed by atoms with Gasteiger partial charge in [-0.05, 0) is 46.6 Å². The number of nitrogens with zero attached hydrogens (tertiary/aromatic N) is 1. The molecular weight excluding hydrogens is 176 g/mol. The Labute approximate surface area is 86.8 Å². The summed E-state index contributed by atoms with van der Waals surface area (Å²) >= 11 is 0. The monoisotopic (exact) mass is 198 g/mol. The van der Waals surface area contributed by atoms with Gasteiger partial charge in [-0.25, -0.2) is 0 Å². The maximum absolute atomic E-state index is 5.64. The van der Waals surface area contributed by atoms with Crippen LogP contribution in [0.5, 0.6) is 0 Å². The topological polar surface area (TPSA) is 24.5 Å². The molecular formula is C11H22N2O. The van der Waals surface area contributed by atoms with Crippen LogP contribution >= 0.6 is 0 Å². The molecule has 0 aromatic heterocycles. The van der Waals surface area contributed by atoms with Crippen LogP contribution in [0.3, 0.4) is 0 Å². The van der Waals surface area contributed by atoms with Gasteiger partial charge in [0, 0.05) is 18.6 Å². The molecule has 0 aromatic rings. The minimum Gasteiger partial charge on any atom is -0.299 e. The minimum absolute atomic E-state index is 0.0774. The van der Waals surface area contributed by atoms with Crippen molar-refractivity contribution in [3.63, 3.8) is 0 Å². The van der Waals surface area contributed by atoms with Gasteiger partial charge in [0.2, 0.25) is 0 Å². The lowest BCUT2D eigenvalue weighted by Gasteiger charge is -2.26. The van der Waals surface area contributed by atoms with Crippen molar-refractivity contribution >= 4 is 0 Å². The van der Waals surface area contributed by atoms with Gasteiger partial charge in [-0.2, -0.15) is 5.48 Å². The molecule has 0 aromatic carbocycles. The molecule has 1 N–H and O–H groups in total. The summed E-state index contributed by atoms with van der Waals surface area (Å²) in [6.45, 7) is 8.79. The van der Waals surface area contributed by atoms with Gasteiger partial charge in [-0.3, -0.25) is 9.74 Å². The third-order valence-electron chi connectivity index (χ3n) is 3.12. The number of hydrogen-bond acceptors (Lipinski definition) is 3. The van der Waals surface area contributed by atoms with Crippen molar-refractivity contribution in [3.8, 4) is 0 Å². The molecule has 2 fully saturated rings. The highest BCUT2D eigenvalue weighted by Gasteiger charge is 2.37. The molecule has 2 aliphatic rings. The Balaban J connectivity index is 1.81. The van der Waals surface area contributed by atoms with Crippen molar-refractivity contribution in [1.82, 2.24) is 10.4 Å². The summed E-state index contributed by atoms with van der Waals surface area (Å²) in [5, 5.41) is 0. The Kier molecular flexibility index (Phi) is 2.82. The van der Waals surface area contributed by atoms with Gasteiger partial charge >= 0.3 is 0 Å². The SMILES string of the molecule is CC(C)(C)ONC1CCN2CCCC12. The molecule has 2 atom stereocenters. The molecule has 3 nitrogen and oxygen atoms in total. The van der Waals surface area contributed by atoms with Crippen LogP contribution in [0.2, 0.25) is 0 Å². The van der Waals surface area contributed by atoms with Crippen LogP contribution in [0.1, 0.15) is 40.0 Å². The second-order valence-corrected chi connectivity index (χ2v) is 5.47. The van der Waals surface area contributed by atoms with Gasteiger partial charge in [0.05, 0.1) is 5.60 Å². The van der Waals surface area contributed by atoms with Crippen LogP contribution in [0.4, 0.5) is 0 Å². The molecule has 82 valence electrons. The van der Waals surface area contributed by atoms with Gasteiger partial charge < -0.3 is 0 Å². The average molecular weight is 198 g/mol. The molecule has 0 saturated carbocycles. The molecule has 3 heteroatoms. The standard InChI is InChI=1S/C11H22N2O/c1-11(2,3)14-12-9-6-8-13-7-4-5-10(9)13/h9-10,12H,4-8H2,1-3H3. The van der Waals surface area contributed by atoms with Crippen molar-refractivity contribution in [3.05, 3.63) is 0 Å². The van der Waals surface area contributed by atoms with E-state index in [0.29, 0.717) is 6.04 Å². The van der Waals surface area contributed by atoms with E-state index in [1.54, 1.807) is 0 Å². The van der Waals surface area contributed by atoms with E-state index in [1.807, 2.05) is 0 Å². The molecule has 0 spiro atoms. The molecule has 2 aliphatic heterocycles. The Morgan fingerprint density at radius 3 is 2.71 bits per heavy atom.